The summed E-state index contributed by atoms with van der Waals surface area (Å²) in [5.41, 5.74) is 8.98. The van der Waals surface area contributed by atoms with Gasteiger partial charge in [0, 0.05) is 50.0 Å². The Bertz CT molecular complexity index is 615. The van der Waals surface area contributed by atoms with Crippen LogP contribution in [0.1, 0.15) is 13.8 Å². The summed E-state index contributed by atoms with van der Waals surface area (Å²) < 4.78 is 0. The predicted octanol–water partition coefficient (Wildman–Crippen LogP) is 2.60. The van der Waals surface area contributed by atoms with Gasteiger partial charge in [-0.3, -0.25) is 9.88 Å². The van der Waals surface area contributed by atoms with Crippen molar-refractivity contribution in [2.45, 2.75) is 13.8 Å². The molecule has 0 unspecified atom stereocenters. The van der Waals surface area contributed by atoms with E-state index in [0.717, 1.165) is 48.7 Å². The molecular formula is C17H24N4. The Balaban J connectivity index is 1.81. The van der Waals surface area contributed by atoms with Gasteiger partial charge in [0.2, 0.25) is 0 Å². The van der Waals surface area contributed by atoms with Crippen LogP contribution >= 0.6 is 0 Å². The molecule has 0 saturated carbocycles. The van der Waals surface area contributed by atoms with E-state index in [0.29, 0.717) is 0 Å². The summed E-state index contributed by atoms with van der Waals surface area (Å²) in [4.78, 5) is 9.44. The molecule has 3 rings (SSSR count). The zero-order valence-corrected chi connectivity index (χ0v) is 12.9. The maximum atomic E-state index is 6.04. The number of rotatable bonds is 3. The van der Waals surface area contributed by atoms with E-state index in [1.54, 1.807) is 0 Å². The van der Waals surface area contributed by atoms with E-state index in [1.807, 2.05) is 18.3 Å². The third-order valence-corrected chi connectivity index (χ3v) is 4.12. The van der Waals surface area contributed by atoms with Gasteiger partial charge in [-0.15, -0.1) is 0 Å². The van der Waals surface area contributed by atoms with Crippen molar-refractivity contribution in [2.75, 3.05) is 43.4 Å². The van der Waals surface area contributed by atoms with Crippen molar-refractivity contribution < 1.29 is 0 Å². The lowest BCUT2D eigenvalue weighted by Gasteiger charge is -2.37. The van der Waals surface area contributed by atoms with Crippen LogP contribution in [-0.2, 0) is 0 Å². The van der Waals surface area contributed by atoms with Crippen molar-refractivity contribution in [3.63, 3.8) is 0 Å². The quantitative estimate of drug-likeness (QED) is 0.880. The Morgan fingerprint density at radius 2 is 1.90 bits per heavy atom. The number of fused-ring (bicyclic) bond motifs is 1. The van der Waals surface area contributed by atoms with Crippen LogP contribution in [0.5, 0.6) is 0 Å². The SMILES string of the molecule is CC(C)CN1CCN(c2ccnc3c(N)cccc23)CC1. The fraction of sp³-hybridized carbons (Fsp3) is 0.471. The number of hydrogen-bond acceptors (Lipinski definition) is 4. The highest BCUT2D eigenvalue weighted by Crippen LogP contribution is 2.29. The Morgan fingerprint density at radius 1 is 1.14 bits per heavy atom. The zero-order valence-electron chi connectivity index (χ0n) is 12.9. The third kappa shape index (κ3) is 2.95. The minimum absolute atomic E-state index is 0.734. The molecule has 0 radical (unpaired) electrons. The van der Waals surface area contributed by atoms with E-state index in [2.05, 4.69) is 40.8 Å². The van der Waals surface area contributed by atoms with Crippen molar-refractivity contribution in [3.8, 4) is 0 Å². The van der Waals surface area contributed by atoms with E-state index >= 15 is 0 Å². The molecule has 4 heteroatoms. The molecule has 0 spiro atoms. The maximum Gasteiger partial charge on any atom is 0.0951 e. The molecule has 0 aliphatic carbocycles. The van der Waals surface area contributed by atoms with Gasteiger partial charge in [-0.25, -0.2) is 0 Å². The molecule has 1 aromatic carbocycles. The van der Waals surface area contributed by atoms with E-state index in [9.17, 15) is 0 Å². The second kappa shape index (κ2) is 5.90. The third-order valence-electron chi connectivity index (χ3n) is 4.12. The fourth-order valence-corrected chi connectivity index (χ4v) is 3.15. The largest absolute Gasteiger partial charge is 0.397 e. The average molecular weight is 284 g/mol. The standard InChI is InChI=1S/C17H24N4/c1-13(2)12-20-8-10-21(11-9-20)16-6-7-19-17-14(16)4-3-5-15(17)18/h3-7,13H,8-12,18H2,1-2H3. The molecule has 112 valence electrons. The zero-order chi connectivity index (χ0) is 14.8. The smallest absolute Gasteiger partial charge is 0.0951 e. The molecule has 1 aromatic heterocycles. The predicted molar refractivity (Wildman–Crippen MR) is 89.6 cm³/mol. The van der Waals surface area contributed by atoms with Crippen molar-refractivity contribution in [1.29, 1.82) is 0 Å². The summed E-state index contributed by atoms with van der Waals surface area (Å²) in [5.74, 6) is 0.734. The van der Waals surface area contributed by atoms with Gasteiger partial charge in [-0.05, 0) is 18.1 Å². The Hall–Kier alpha value is -1.81. The second-order valence-electron chi connectivity index (χ2n) is 6.25. The maximum absolute atomic E-state index is 6.04. The Labute approximate surface area is 126 Å². The fourth-order valence-electron chi connectivity index (χ4n) is 3.15. The van der Waals surface area contributed by atoms with Gasteiger partial charge < -0.3 is 10.6 Å². The number of pyridine rings is 1. The molecule has 1 saturated heterocycles. The molecule has 1 aliphatic heterocycles. The van der Waals surface area contributed by atoms with Crippen molar-refractivity contribution in [2.24, 2.45) is 5.92 Å². The summed E-state index contributed by atoms with van der Waals surface area (Å²) in [6, 6.07) is 8.16. The number of hydrogen-bond donors (Lipinski definition) is 1. The number of nitrogen functional groups attached to an aromatic ring is 1. The normalized spacial score (nSPS) is 16.8. The lowest BCUT2D eigenvalue weighted by molar-refractivity contribution is 0.231. The molecule has 1 fully saturated rings. The summed E-state index contributed by atoms with van der Waals surface area (Å²) in [7, 11) is 0. The molecule has 21 heavy (non-hydrogen) atoms. The Morgan fingerprint density at radius 3 is 2.62 bits per heavy atom. The van der Waals surface area contributed by atoms with Crippen LogP contribution in [-0.4, -0.2) is 42.6 Å². The minimum Gasteiger partial charge on any atom is -0.397 e. The molecule has 1 aliphatic rings. The first-order valence-corrected chi connectivity index (χ1v) is 7.75. The molecule has 2 aromatic rings. The topological polar surface area (TPSA) is 45.4 Å². The first-order valence-electron chi connectivity index (χ1n) is 7.75. The van der Waals surface area contributed by atoms with Gasteiger partial charge >= 0.3 is 0 Å². The molecule has 0 amide bonds. The number of piperazine rings is 1. The van der Waals surface area contributed by atoms with E-state index in [1.165, 1.54) is 12.2 Å². The molecular weight excluding hydrogens is 260 g/mol. The van der Waals surface area contributed by atoms with Crippen LogP contribution in [0.15, 0.2) is 30.5 Å². The molecule has 4 nitrogen and oxygen atoms in total. The van der Waals surface area contributed by atoms with Gasteiger partial charge in [0.15, 0.2) is 0 Å². The molecule has 2 heterocycles. The highest BCUT2D eigenvalue weighted by atomic mass is 15.3. The summed E-state index contributed by atoms with van der Waals surface area (Å²) in [5, 5.41) is 1.16. The highest BCUT2D eigenvalue weighted by Gasteiger charge is 2.19. The number of nitrogens with two attached hydrogens (primary N) is 1. The van der Waals surface area contributed by atoms with Crippen molar-refractivity contribution in [1.82, 2.24) is 9.88 Å². The number of anilines is 2. The van der Waals surface area contributed by atoms with Gasteiger partial charge in [0.1, 0.15) is 0 Å². The second-order valence-corrected chi connectivity index (χ2v) is 6.25. The van der Waals surface area contributed by atoms with Crippen molar-refractivity contribution in [3.05, 3.63) is 30.5 Å². The van der Waals surface area contributed by atoms with Gasteiger partial charge in [0.25, 0.3) is 0 Å². The molecule has 2 N–H and O–H groups in total. The summed E-state index contributed by atoms with van der Waals surface area (Å²) in [6.07, 6.45) is 1.87. The average Bonchev–Trinajstić information content (AvgIpc) is 2.48. The van der Waals surface area contributed by atoms with Gasteiger partial charge in [-0.2, -0.15) is 0 Å². The van der Waals surface area contributed by atoms with E-state index in [-0.39, 0.29) is 0 Å². The lowest BCUT2D eigenvalue weighted by Crippen LogP contribution is -2.47. The number of aromatic nitrogens is 1. The number of para-hydroxylation sites is 1. The number of nitrogens with zero attached hydrogens (tertiary/aromatic N) is 3. The van der Waals surface area contributed by atoms with E-state index < -0.39 is 0 Å². The lowest BCUT2D eigenvalue weighted by atomic mass is 10.1. The highest BCUT2D eigenvalue weighted by molar-refractivity contribution is 5.98. The van der Waals surface area contributed by atoms with E-state index in [4.69, 9.17) is 5.73 Å². The number of benzene rings is 1. The molecule has 0 bridgehead atoms. The minimum atomic E-state index is 0.734. The van der Waals surface area contributed by atoms with Crippen LogP contribution in [0.25, 0.3) is 10.9 Å². The van der Waals surface area contributed by atoms with Crippen LogP contribution in [0.2, 0.25) is 0 Å². The Kier molecular flexibility index (Phi) is 3.97. The first-order chi connectivity index (χ1) is 10.1. The molecule has 0 atom stereocenters. The monoisotopic (exact) mass is 284 g/mol. The van der Waals surface area contributed by atoms with Crippen molar-refractivity contribution >= 4 is 22.3 Å². The van der Waals surface area contributed by atoms with Gasteiger partial charge in [0.05, 0.1) is 11.2 Å². The first kappa shape index (κ1) is 14.1. The van der Waals surface area contributed by atoms with Crippen LogP contribution in [0, 0.1) is 5.92 Å². The van der Waals surface area contributed by atoms with Crippen LogP contribution in [0.3, 0.4) is 0 Å². The van der Waals surface area contributed by atoms with Gasteiger partial charge in [-0.1, -0.05) is 26.0 Å². The van der Waals surface area contributed by atoms with Crippen LogP contribution in [0.4, 0.5) is 11.4 Å². The van der Waals surface area contributed by atoms with Crippen LogP contribution < -0.4 is 10.6 Å². The summed E-state index contributed by atoms with van der Waals surface area (Å²) >= 11 is 0. The summed E-state index contributed by atoms with van der Waals surface area (Å²) in [6.45, 7) is 10.2.